The van der Waals surface area contributed by atoms with Gasteiger partial charge in [-0.05, 0) is 37.8 Å². The summed E-state index contributed by atoms with van der Waals surface area (Å²) in [6.07, 6.45) is 4.07. The van der Waals surface area contributed by atoms with Gasteiger partial charge in [0.2, 0.25) is 15.9 Å². The number of aryl methyl sites for hydroxylation is 3. The standard InChI is InChI=1S/C19H26N4O3S/c1-14-7-8-15(2)16(12-14)13-23(27(4,25)26)17-6-5-11-22(19(17)24)18-9-10-20-21(18)3/h7-10,12,17H,5-6,11,13H2,1-4H3. The van der Waals surface area contributed by atoms with E-state index in [9.17, 15) is 13.2 Å². The van der Waals surface area contributed by atoms with Gasteiger partial charge in [-0.2, -0.15) is 9.40 Å². The number of carbonyl (C=O) groups excluding carboxylic acids is 1. The highest BCUT2D eigenvalue weighted by molar-refractivity contribution is 7.88. The Morgan fingerprint density at radius 1 is 1.26 bits per heavy atom. The maximum absolute atomic E-state index is 13.2. The molecule has 27 heavy (non-hydrogen) atoms. The monoisotopic (exact) mass is 390 g/mol. The van der Waals surface area contributed by atoms with Crippen LogP contribution in [0.3, 0.4) is 0 Å². The summed E-state index contributed by atoms with van der Waals surface area (Å²) >= 11 is 0. The zero-order chi connectivity index (χ0) is 19.8. The van der Waals surface area contributed by atoms with E-state index in [4.69, 9.17) is 0 Å². The van der Waals surface area contributed by atoms with Gasteiger partial charge < -0.3 is 0 Å². The van der Waals surface area contributed by atoms with Crippen molar-refractivity contribution in [1.29, 1.82) is 0 Å². The molecule has 0 radical (unpaired) electrons. The lowest BCUT2D eigenvalue weighted by molar-refractivity contribution is -0.123. The Morgan fingerprint density at radius 2 is 2.00 bits per heavy atom. The van der Waals surface area contributed by atoms with Gasteiger partial charge in [0.1, 0.15) is 11.9 Å². The Hall–Kier alpha value is -2.19. The van der Waals surface area contributed by atoms with E-state index in [-0.39, 0.29) is 12.5 Å². The first-order chi connectivity index (χ1) is 12.7. The average molecular weight is 391 g/mol. The zero-order valence-corrected chi connectivity index (χ0v) is 17.0. The van der Waals surface area contributed by atoms with Crippen LogP contribution in [0.1, 0.15) is 29.5 Å². The van der Waals surface area contributed by atoms with Crippen LogP contribution in [0.5, 0.6) is 0 Å². The third kappa shape index (κ3) is 4.06. The Kier molecular flexibility index (Phi) is 5.39. The van der Waals surface area contributed by atoms with Crippen LogP contribution in [0, 0.1) is 13.8 Å². The van der Waals surface area contributed by atoms with Gasteiger partial charge in [-0.3, -0.25) is 14.4 Å². The Bertz CT molecular complexity index is 952. The lowest BCUT2D eigenvalue weighted by Gasteiger charge is -2.37. The van der Waals surface area contributed by atoms with Crippen molar-refractivity contribution in [2.45, 2.75) is 39.3 Å². The molecule has 1 atom stereocenters. The van der Waals surface area contributed by atoms with Crippen molar-refractivity contribution in [1.82, 2.24) is 14.1 Å². The van der Waals surface area contributed by atoms with Crippen molar-refractivity contribution >= 4 is 21.7 Å². The second-order valence-electron chi connectivity index (χ2n) is 7.20. The smallest absolute Gasteiger partial charge is 0.246 e. The van der Waals surface area contributed by atoms with Gasteiger partial charge in [0.15, 0.2) is 0 Å². The molecule has 8 heteroatoms. The zero-order valence-electron chi connectivity index (χ0n) is 16.2. The van der Waals surface area contributed by atoms with Crippen molar-refractivity contribution in [3.8, 4) is 0 Å². The third-order valence-corrected chi connectivity index (χ3v) is 6.32. The van der Waals surface area contributed by atoms with Crippen molar-refractivity contribution in [3.63, 3.8) is 0 Å². The summed E-state index contributed by atoms with van der Waals surface area (Å²) in [5.74, 6) is 0.491. The molecule has 0 spiro atoms. The lowest BCUT2D eigenvalue weighted by atomic mass is 10.0. The van der Waals surface area contributed by atoms with Crippen LogP contribution < -0.4 is 4.90 Å². The molecule has 0 aliphatic carbocycles. The van der Waals surface area contributed by atoms with Gasteiger partial charge in [-0.25, -0.2) is 8.42 Å². The molecule has 0 bridgehead atoms. The summed E-state index contributed by atoms with van der Waals surface area (Å²) in [5.41, 5.74) is 3.00. The normalized spacial score (nSPS) is 18.3. The van der Waals surface area contributed by atoms with Gasteiger partial charge in [0.25, 0.3) is 0 Å². The molecular weight excluding hydrogens is 364 g/mol. The molecule has 1 aliphatic heterocycles. The number of carbonyl (C=O) groups is 1. The van der Waals surface area contributed by atoms with E-state index < -0.39 is 16.1 Å². The van der Waals surface area contributed by atoms with Crippen LogP contribution >= 0.6 is 0 Å². The van der Waals surface area contributed by atoms with Gasteiger partial charge in [-0.15, -0.1) is 0 Å². The first-order valence-electron chi connectivity index (χ1n) is 9.01. The van der Waals surface area contributed by atoms with Crippen LogP contribution in [-0.4, -0.2) is 47.3 Å². The largest absolute Gasteiger partial charge is 0.296 e. The number of piperidine rings is 1. The molecule has 146 valence electrons. The third-order valence-electron chi connectivity index (χ3n) is 5.09. The lowest BCUT2D eigenvalue weighted by Crippen LogP contribution is -2.54. The van der Waals surface area contributed by atoms with E-state index in [0.29, 0.717) is 18.8 Å². The maximum atomic E-state index is 13.2. The molecule has 1 aromatic carbocycles. The number of hydrogen-bond acceptors (Lipinski definition) is 4. The molecule has 1 fully saturated rings. The molecule has 2 aromatic rings. The molecule has 1 amide bonds. The highest BCUT2D eigenvalue weighted by atomic mass is 32.2. The molecule has 0 saturated carbocycles. The highest BCUT2D eigenvalue weighted by Gasteiger charge is 2.39. The fourth-order valence-corrected chi connectivity index (χ4v) is 4.61. The minimum atomic E-state index is -3.56. The molecule has 1 aromatic heterocycles. The number of aromatic nitrogens is 2. The number of anilines is 1. The van der Waals surface area contributed by atoms with E-state index >= 15 is 0 Å². The van der Waals surface area contributed by atoms with Crippen molar-refractivity contribution in [2.75, 3.05) is 17.7 Å². The molecule has 1 saturated heterocycles. The average Bonchev–Trinajstić information content (AvgIpc) is 3.01. The first-order valence-corrected chi connectivity index (χ1v) is 10.9. The van der Waals surface area contributed by atoms with E-state index in [1.807, 2.05) is 32.0 Å². The molecule has 2 heterocycles. The molecule has 3 rings (SSSR count). The van der Waals surface area contributed by atoms with E-state index in [1.165, 1.54) is 10.6 Å². The number of nitrogens with zero attached hydrogens (tertiary/aromatic N) is 4. The number of benzene rings is 1. The number of amides is 1. The van der Waals surface area contributed by atoms with Gasteiger partial charge in [-0.1, -0.05) is 23.8 Å². The van der Waals surface area contributed by atoms with Crippen LogP contribution in [0.25, 0.3) is 0 Å². The van der Waals surface area contributed by atoms with Crippen LogP contribution in [0.2, 0.25) is 0 Å². The van der Waals surface area contributed by atoms with Crippen LogP contribution in [0.15, 0.2) is 30.5 Å². The van der Waals surface area contributed by atoms with Crippen molar-refractivity contribution < 1.29 is 13.2 Å². The SMILES string of the molecule is Cc1ccc(C)c(CN(C2CCCN(c3ccnn3C)C2=O)S(C)(=O)=O)c1. The van der Waals surface area contributed by atoms with E-state index in [1.54, 1.807) is 28.9 Å². The minimum Gasteiger partial charge on any atom is -0.296 e. The minimum absolute atomic E-state index is 0.194. The molecule has 0 N–H and O–H groups in total. The summed E-state index contributed by atoms with van der Waals surface area (Å²) in [5, 5.41) is 4.12. The van der Waals surface area contributed by atoms with Gasteiger partial charge in [0.05, 0.1) is 12.5 Å². The second kappa shape index (κ2) is 7.44. The topological polar surface area (TPSA) is 75.5 Å². The molecular formula is C19H26N4O3S. The summed E-state index contributed by atoms with van der Waals surface area (Å²) in [7, 11) is -1.79. The van der Waals surface area contributed by atoms with Crippen LogP contribution in [0.4, 0.5) is 5.82 Å². The molecule has 7 nitrogen and oxygen atoms in total. The highest BCUT2D eigenvalue weighted by Crippen LogP contribution is 2.26. The molecule has 1 aliphatic rings. The summed E-state index contributed by atoms with van der Waals surface area (Å²) < 4.78 is 28.1. The number of hydrogen-bond donors (Lipinski definition) is 0. The predicted octanol–water partition coefficient (Wildman–Crippen LogP) is 1.99. The first kappa shape index (κ1) is 19.6. The Labute approximate surface area is 160 Å². The van der Waals surface area contributed by atoms with Crippen molar-refractivity contribution in [2.24, 2.45) is 7.05 Å². The predicted molar refractivity (Wildman–Crippen MR) is 105 cm³/mol. The van der Waals surface area contributed by atoms with Gasteiger partial charge >= 0.3 is 0 Å². The maximum Gasteiger partial charge on any atom is 0.246 e. The van der Waals surface area contributed by atoms with E-state index in [0.717, 1.165) is 23.1 Å². The Balaban J connectivity index is 1.94. The quantitative estimate of drug-likeness (QED) is 0.782. The second-order valence-corrected chi connectivity index (χ2v) is 9.13. The summed E-state index contributed by atoms with van der Waals surface area (Å²) in [6, 6.07) is 7.04. The summed E-state index contributed by atoms with van der Waals surface area (Å²) in [4.78, 5) is 14.8. The fourth-order valence-electron chi connectivity index (χ4n) is 3.58. The van der Waals surface area contributed by atoms with Crippen LogP contribution in [-0.2, 0) is 28.4 Å². The Morgan fingerprint density at radius 3 is 2.63 bits per heavy atom. The molecule has 1 unspecified atom stereocenters. The number of sulfonamides is 1. The number of rotatable bonds is 5. The summed E-state index contributed by atoms with van der Waals surface area (Å²) in [6.45, 7) is 4.70. The van der Waals surface area contributed by atoms with Crippen molar-refractivity contribution in [3.05, 3.63) is 47.2 Å². The van der Waals surface area contributed by atoms with Gasteiger partial charge in [0, 0.05) is 26.2 Å². The fraction of sp³-hybridized carbons (Fsp3) is 0.474. The van der Waals surface area contributed by atoms with E-state index in [2.05, 4.69) is 5.10 Å².